The number of rotatable bonds is 5. The van der Waals surface area contributed by atoms with Gasteiger partial charge in [-0.15, -0.1) is 0 Å². The third kappa shape index (κ3) is 4.21. The van der Waals surface area contributed by atoms with Gasteiger partial charge >= 0.3 is 0 Å². The summed E-state index contributed by atoms with van der Waals surface area (Å²) in [5.74, 6) is 0.842. The highest BCUT2D eigenvalue weighted by Gasteiger charge is 1.98. The predicted octanol–water partition coefficient (Wildman–Crippen LogP) is 2.38. The van der Waals surface area contributed by atoms with E-state index in [1.165, 1.54) is 0 Å². The van der Waals surface area contributed by atoms with Gasteiger partial charge in [-0.3, -0.25) is 0 Å². The van der Waals surface area contributed by atoms with Gasteiger partial charge in [0.25, 0.3) is 0 Å². The maximum absolute atomic E-state index is 5.70. The Morgan fingerprint density at radius 2 is 2.00 bits per heavy atom. The lowest BCUT2D eigenvalue weighted by atomic mass is 10.2. The molecule has 0 radical (unpaired) electrons. The molecule has 0 heterocycles. The molecule has 0 aliphatic carbocycles. The first-order valence-corrected chi connectivity index (χ1v) is 5.20. The normalized spacial score (nSPS) is 10.7. The van der Waals surface area contributed by atoms with E-state index in [4.69, 9.17) is 15.2 Å². The number of nitrogens with two attached hydrogens (primary N) is 1. The number of nitrogen functional groups attached to an aromatic ring is 1. The summed E-state index contributed by atoms with van der Waals surface area (Å²) in [6.45, 7) is 7.16. The van der Waals surface area contributed by atoms with Crippen molar-refractivity contribution < 1.29 is 9.47 Å². The van der Waals surface area contributed by atoms with E-state index >= 15 is 0 Å². The minimum atomic E-state index is 0.252. The molecule has 0 amide bonds. The molecule has 0 saturated carbocycles. The van der Waals surface area contributed by atoms with E-state index in [0.717, 1.165) is 17.0 Å². The van der Waals surface area contributed by atoms with E-state index in [9.17, 15) is 0 Å². The topological polar surface area (TPSA) is 44.5 Å². The van der Waals surface area contributed by atoms with E-state index in [0.29, 0.717) is 13.2 Å². The quantitative estimate of drug-likeness (QED) is 0.598. The molecule has 0 aliphatic rings. The largest absolute Gasteiger partial charge is 0.491 e. The van der Waals surface area contributed by atoms with Gasteiger partial charge in [0.2, 0.25) is 0 Å². The summed E-state index contributed by atoms with van der Waals surface area (Å²) in [5.41, 5.74) is 7.53. The van der Waals surface area contributed by atoms with Crippen molar-refractivity contribution in [2.75, 3.05) is 18.9 Å². The Kier molecular flexibility index (Phi) is 4.43. The van der Waals surface area contributed by atoms with Crippen LogP contribution in [0.5, 0.6) is 5.75 Å². The van der Waals surface area contributed by atoms with Crippen LogP contribution in [-0.4, -0.2) is 19.3 Å². The van der Waals surface area contributed by atoms with E-state index in [1.807, 2.05) is 39.0 Å². The molecule has 0 aromatic heterocycles. The number of hydrogen-bond donors (Lipinski definition) is 1. The SMILES string of the molecule is Cc1cc(OCCOC(C)C)ccc1N. The maximum Gasteiger partial charge on any atom is 0.119 e. The highest BCUT2D eigenvalue weighted by molar-refractivity contribution is 5.49. The van der Waals surface area contributed by atoms with Gasteiger partial charge in [0, 0.05) is 5.69 Å². The molecule has 0 unspecified atom stereocenters. The van der Waals surface area contributed by atoms with Crippen LogP contribution in [0.25, 0.3) is 0 Å². The molecule has 84 valence electrons. The highest BCUT2D eigenvalue weighted by atomic mass is 16.5. The van der Waals surface area contributed by atoms with Crippen molar-refractivity contribution in [3.63, 3.8) is 0 Å². The molecule has 3 nitrogen and oxygen atoms in total. The lowest BCUT2D eigenvalue weighted by Gasteiger charge is -2.10. The number of benzene rings is 1. The second-order valence-corrected chi connectivity index (χ2v) is 3.79. The number of aryl methyl sites for hydroxylation is 1. The van der Waals surface area contributed by atoms with Crippen molar-refractivity contribution >= 4 is 5.69 Å². The Morgan fingerprint density at radius 3 is 2.60 bits per heavy atom. The van der Waals surface area contributed by atoms with Crippen LogP contribution in [0.15, 0.2) is 18.2 Å². The van der Waals surface area contributed by atoms with E-state index in [2.05, 4.69) is 0 Å². The van der Waals surface area contributed by atoms with E-state index < -0.39 is 0 Å². The predicted molar refractivity (Wildman–Crippen MR) is 62.2 cm³/mol. The van der Waals surface area contributed by atoms with Crippen molar-refractivity contribution in [2.45, 2.75) is 26.9 Å². The third-order valence-corrected chi connectivity index (χ3v) is 2.04. The van der Waals surface area contributed by atoms with Gasteiger partial charge < -0.3 is 15.2 Å². The molecule has 2 N–H and O–H groups in total. The van der Waals surface area contributed by atoms with Crippen LogP contribution in [-0.2, 0) is 4.74 Å². The first-order valence-electron chi connectivity index (χ1n) is 5.20. The molecule has 3 heteroatoms. The Morgan fingerprint density at radius 1 is 1.27 bits per heavy atom. The lowest BCUT2D eigenvalue weighted by Crippen LogP contribution is -2.11. The second kappa shape index (κ2) is 5.61. The average molecular weight is 209 g/mol. The zero-order chi connectivity index (χ0) is 11.3. The van der Waals surface area contributed by atoms with Crippen molar-refractivity contribution in [1.29, 1.82) is 0 Å². The molecule has 0 aliphatic heterocycles. The Hall–Kier alpha value is -1.22. The summed E-state index contributed by atoms with van der Waals surface area (Å²) in [6.07, 6.45) is 0.252. The molecular formula is C12H19NO2. The van der Waals surface area contributed by atoms with Crippen LogP contribution in [0.2, 0.25) is 0 Å². The van der Waals surface area contributed by atoms with Crippen LogP contribution in [0.4, 0.5) is 5.69 Å². The molecule has 0 saturated heterocycles. The molecule has 0 bridgehead atoms. The second-order valence-electron chi connectivity index (χ2n) is 3.79. The van der Waals surface area contributed by atoms with Crippen molar-refractivity contribution in [3.8, 4) is 5.75 Å². The molecule has 1 aromatic rings. The Labute approximate surface area is 91.2 Å². The average Bonchev–Trinajstić information content (AvgIpc) is 2.18. The molecule has 0 fully saturated rings. The maximum atomic E-state index is 5.70. The Bertz CT molecular complexity index is 310. The summed E-state index contributed by atoms with van der Waals surface area (Å²) in [5, 5.41) is 0. The van der Waals surface area contributed by atoms with Gasteiger partial charge in [0.15, 0.2) is 0 Å². The first-order chi connectivity index (χ1) is 7.09. The van der Waals surface area contributed by atoms with Crippen molar-refractivity contribution in [2.24, 2.45) is 0 Å². The van der Waals surface area contributed by atoms with E-state index in [-0.39, 0.29) is 6.10 Å². The van der Waals surface area contributed by atoms with Crippen LogP contribution in [0.3, 0.4) is 0 Å². The van der Waals surface area contributed by atoms with Gasteiger partial charge in [-0.25, -0.2) is 0 Å². The lowest BCUT2D eigenvalue weighted by molar-refractivity contribution is 0.0552. The molecule has 0 spiro atoms. The van der Waals surface area contributed by atoms with Crippen molar-refractivity contribution in [3.05, 3.63) is 23.8 Å². The monoisotopic (exact) mass is 209 g/mol. The van der Waals surface area contributed by atoms with E-state index in [1.54, 1.807) is 0 Å². The van der Waals surface area contributed by atoms with Crippen LogP contribution in [0, 0.1) is 6.92 Å². The zero-order valence-electron chi connectivity index (χ0n) is 9.62. The van der Waals surface area contributed by atoms with Crippen LogP contribution in [0.1, 0.15) is 19.4 Å². The molecular weight excluding hydrogens is 190 g/mol. The summed E-state index contributed by atoms with van der Waals surface area (Å²) < 4.78 is 10.9. The molecule has 1 aromatic carbocycles. The highest BCUT2D eigenvalue weighted by Crippen LogP contribution is 2.18. The molecule has 0 atom stereocenters. The van der Waals surface area contributed by atoms with Gasteiger partial charge in [-0.2, -0.15) is 0 Å². The summed E-state index contributed by atoms with van der Waals surface area (Å²) in [6, 6.07) is 5.66. The van der Waals surface area contributed by atoms with Gasteiger partial charge in [-0.1, -0.05) is 0 Å². The number of anilines is 1. The standard InChI is InChI=1S/C12H19NO2/c1-9(2)14-6-7-15-11-4-5-12(13)10(3)8-11/h4-5,8-9H,6-7,13H2,1-3H3. The van der Waals surface area contributed by atoms with Crippen LogP contribution < -0.4 is 10.5 Å². The van der Waals surface area contributed by atoms with Crippen LogP contribution >= 0.6 is 0 Å². The van der Waals surface area contributed by atoms with Crippen molar-refractivity contribution in [1.82, 2.24) is 0 Å². The fourth-order valence-corrected chi connectivity index (χ4v) is 1.18. The fourth-order valence-electron chi connectivity index (χ4n) is 1.18. The molecule has 15 heavy (non-hydrogen) atoms. The summed E-state index contributed by atoms with van der Waals surface area (Å²) in [4.78, 5) is 0. The molecule has 1 rings (SSSR count). The minimum absolute atomic E-state index is 0.252. The number of hydrogen-bond acceptors (Lipinski definition) is 3. The first kappa shape index (κ1) is 11.9. The van der Waals surface area contributed by atoms with Gasteiger partial charge in [0.1, 0.15) is 12.4 Å². The van der Waals surface area contributed by atoms with Gasteiger partial charge in [-0.05, 0) is 44.5 Å². The zero-order valence-corrected chi connectivity index (χ0v) is 9.62. The Balaban J connectivity index is 2.35. The number of ether oxygens (including phenoxy) is 2. The fraction of sp³-hybridized carbons (Fsp3) is 0.500. The minimum Gasteiger partial charge on any atom is -0.491 e. The third-order valence-electron chi connectivity index (χ3n) is 2.04. The summed E-state index contributed by atoms with van der Waals surface area (Å²) in [7, 11) is 0. The summed E-state index contributed by atoms with van der Waals surface area (Å²) >= 11 is 0. The smallest absolute Gasteiger partial charge is 0.119 e. The van der Waals surface area contributed by atoms with Gasteiger partial charge in [0.05, 0.1) is 12.7 Å².